The molecule has 1 aromatic rings. The summed E-state index contributed by atoms with van der Waals surface area (Å²) >= 11 is 5.58. The summed E-state index contributed by atoms with van der Waals surface area (Å²) in [7, 11) is 0. The van der Waals surface area contributed by atoms with E-state index in [0.717, 1.165) is 0 Å². The number of benzene rings is 1. The van der Waals surface area contributed by atoms with Gasteiger partial charge in [0.2, 0.25) is 0 Å². The molecular formula is C10H12ClFN2O2. The molecule has 2 atom stereocenters. The molecule has 0 fully saturated rings. The molecule has 2 unspecified atom stereocenters. The molecule has 88 valence electrons. The van der Waals surface area contributed by atoms with E-state index in [1.807, 2.05) is 0 Å². The highest BCUT2D eigenvalue weighted by Crippen LogP contribution is 2.21. The number of aliphatic carboxylic acids is 1. The number of rotatable bonds is 4. The van der Waals surface area contributed by atoms with Gasteiger partial charge in [0.15, 0.2) is 0 Å². The maximum Gasteiger partial charge on any atom is 0.304 e. The van der Waals surface area contributed by atoms with Crippen molar-refractivity contribution in [3.63, 3.8) is 0 Å². The third kappa shape index (κ3) is 3.16. The molecule has 0 aromatic heterocycles. The van der Waals surface area contributed by atoms with Crippen molar-refractivity contribution in [2.24, 2.45) is 11.5 Å². The van der Waals surface area contributed by atoms with E-state index < -0.39 is 23.9 Å². The monoisotopic (exact) mass is 246 g/mol. The highest BCUT2D eigenvalue weighted by atomic mass is 35.5. The predicted molar refractivity (Wildman–Crippen MR) is 58.6 cm³/mol. The fourth-order valence-electron chi connectivity index (χ4n) is 1.30. The van der Waals surface area contributed by atoms with Crippen LogP contribution in [0.4, 0.5) is 4.39 Å². The zero-order valence-electron chi connectivity index (χ0n) is 8.36. The van der Waals surface area contributed by atoms with Gasteiger partial charge in [-0.25, -0.2) is 4.39 Å². The van der Waals surface area contributed by atoms with Crippen LogP contribution in [0.1, 0.15) is 18.0 Å². The van der Waals surface area contributed by atoms with Crippen LogP contribution in [0.2, 0.25) is 5.02 Å². The Morgan fingerprint density at radius 2 is 2.12 bits per heavy atom. The van der Waals surface area contributed by atoms with Crippen molar-refractivity contribution >= 4 is 17.6 Å². The molecular weight excluding hydrogens is 235 g/mol. The Hall–Kier alpha value is -1.17. The lowest BCUT2D eigenvalue weighted by atomic mass is 9.98. The molecule has 4 nitrogen and oxygen atoms in total. The van der Waals surface area contributed by atoms with E-state index in [0.29, 0.717) is 5.56 Å². The number of carboxylic acids is 1. The number of halogens is 2. The topological polar surface area (TPSA) is 89.3 Å². The van der Waals surface area contributed by atoms with Crippen molar-refractivity contribution in [2.45, 2.75) is 18.5 Å². The molecule has 6 heteroatoms. The molecule has 0 heterocycles. The second-order valence-electron chi connectivity index (χ2n) is 3.46. The van der Waals surface area contributed by atoms with Gasteiger partial charge in [-0.2, -0.15) is 0 Å². The number of nitrogens with two attached hydrogens (primary N) is 2. The lowest BCUT2D eigenvalue weighted by Gasteiger charge is -2.18. The van der Waals surface area contributed by atoms with Crippen LogP contribution >= 0.6 is 11.6 Å². The summed E-state index contributed by atoms with van der Waals surface area (Å²) < 4.78 is 12.9. The first-order valence-corrected chi connectivity index (χ1v) is 4.97. The largest absolute Gasteiger partial charge is 0.481 e. The smallest absolute Gasteiger partial charge is 0.304 e. The van der Waals surface area contributed by atoms with Crippen molar-refractivity contribution in [2.75, 3.05) is 0 Å². The summed E-state index contributed by atoms with van der Waals surface area (Å²) in [5.74, 6) is -1.58. The van der Waals surface area contributed by atoms with E-state index in [1.165, 1.54) is 18.2 Å². The van der Waals surface area contributed by atoms with E-state index in [4.69, 9.17) is 28.2 Å². The van der Waals surface area contributed by atoms with Crippen molar-refractivity contribution in [3.8, 4) is 0 Å². The molecule has 1 rings (SSSR count). The van der Waals surface area contributed by atoms with Crippen LogP contribution in [-0.2, 0) is 4.79 Å². The molecule has 1 aromatic carbocycles. The van der Waals surface area contributed by atoms with E-state index in [9.17, 15) is 9.18 Å². The summed E-state index contributed by atoms with van der Waals surface area (Å²) in [5, 5.41) is 8.50. The Kier molecular flexibility index (Phi) is 4.23. The highest BCUT2D eigenvalue weighted by molar-refractivity contribution is 6.30. The van der Waals surface area contributed by atoms with Gasteiger partial charge in [0.25, 0.3) is 0 Å². The van der Waals surface area contributed by atoms with E-state index in [-0.39, 0.29) is 11.4 Å². The minimum absolute atomic E-state index is 0.0597. The standard InChI is InChI=1S/C10H12ClFN2O2/c11-6-3-5(1-2-7(6)12)10(14)8(13)4-9(15)16/h1-3,8,10H,4,13-14H2,(H,15,16). The van der Waals surface area contributed by atoms with E-state index in [2.05, 4.69) is 0 Å². The molecule has 16 heavy (non-hydrogen) atoms. The average Bonchev–Trinajstić information content (AvgIpc) is 2.20. The summed E-state index contributed by atoms with van der Waals surface area (Å²) in [6, 6.07) is 2.54. The quantitative estimate of drug-likeness (QED) is 0.747. The van der Waals surface area contributed by atoms with Gasteiger partial charge in [-0.1, -0.05) is 17.7 Å². The Balaban J connectivity index is 2.83. The molecule has 0 saturated carbocycles. The van der Waals surface area contributed by atoms with Gasteiger partial charge in [0, 0.05) is 12.1 Å². The lowest BCUT2D eigenvalue weighted by Crippen LogP contribution is -2.36. The van der Waals surface area contributed by atoms with Gasteiger partial charge in [0.1, 0.15) is 5.82 Å². The fraction of sp³-hybridized carbons (Fsp3) is 0.300. The van der Waals surface area contributed by atoms with Crippen LogP contribution in [0.25, 0.3) is 0 Å². The van der Waals surface area contributed by atoms with Gasteiger partial charge >= 0.3 is 5.97 Å². The lowest BCUT2D eigenvalue weighted by molar-refractivity contribution is -0.137. The molecule has 0 aliphatic heterocycles. The Morgan fingerprint density at radius 3 is 2.62 bits per heavy atom. The number of carboxylic acid groups (broad SMARTS) is 1. The number of hydrogen-bond acceptors (Lipinski definition) is 3. The molecule has 0 aliphatic rings. The van der Waals surface area contributed by atoms with Crippen molar-refractivity contribution in [1.82, 2.24) is 0 Å². The van der Waals surface area contributed by atoms with Crippen molar-refractivity contribution in [3.05, 3.63) is 34.6 Å². The summed E-state index contributed by atoms with van der Waals surface area (Å²) in [5.41, 5.74) is 11.8. The summed E-state index contributed by atoms with van der Waals surface area (Å²) in [6.07, 6.45) is -0.254. The van der Waals surface area contributed by atoms with Gasteiger partial charge in [-0.05, 0) is 17.7 Å². The summed E-state index contributed by atoms with van der Waals surface area (Å²) in [4.78, 5) is 10.4. The van der Waals surface area contributed by atoms with Crippen LogP contribution < -0.4 is 11.5 Å². The predicted octanol–water partition coefficient (Wildman–Crippen LogP) is 1.28. The second-order valence-corrected chi connectivity index (χ2v) is 3.87. The third-order valence-corrected chi connectivity index (χ3v) is 2.49. The van der Waals surface area contributed by atoms with Crippen LogP contribution in [0.3, 0.4) is 0 Å². The van der Waals surface area contributed by atoms with Crippen molar-refractivity contribution < 1.29 is 14.3 Å². The summed E-state index contributed by atoms with van der Waals surface area (Å²) in [6.45, 7) is 0. The number of hydrogen-bond donors (Lipinski definition) is 3. The first-order valence-electron chi connectivity index (χ1n) is 4.59. The SMILES string of the molecule is NC(CC(=O)O)C(N)c1ccc(F)c(Cl)c1. The first-order chi connectivity index (χ1) is 7.41. The maximum absolute atomic E-state index is 12.9. The van der Waals surface area contributed by atoms with E-state index >= 15 is 0 Å². The van der Waals surface area contributed by atoms with Crippen LogP contribution in [0.15, 0.2) is 18.2 Å². The van der Waals surface area contributed by atoms with Crippen molar-refractivity contribution in [1.29, 1.82) is 0 Å². The third-order valence-electron chi connectivity index (χ3n) is 2.20. The van der Waals surface area contributed by atoms with Gasteiger partial charge in [0.05, 0.1) is 11.4 Å². The molecule has 0 saturated heterocycles. The molecule has 0 aliphatic carbocycles. The molecule has 0 radical (unpaired) electrons. The average molecular weight is 247 g/mol. The highest BCUT2D eigenvalue weighted by Gasteiger charge is 2.19. The van der Waals surface area contributed by atoms with Gasteiger partial charge < -0.3 is 16.6 Å². The second kappa shape index (κ2) is 5.25. The Bertz CT molecular complexity index is 400. The van der Waals surface area contributed by atoms with Gasteiger partial charge in [-0.15, -0.1) is 0 Å². The molecule has 0 spiro atoms. The molecule has 0 amide bonds. The zero-order chi connectivity index (χ0) is 12.3. The first kappa shape index (κ1) is 12.9. The Labute approximate surface area is 97.0 Å². The van der Waals surface area contributed by atoms with Gasteiger partial charge in [-0.3, -0.25) is 4.79 Å². The molecule has 0 bridgehead atoms. The fourth-order valence-corrected chi connectivity index (χ4v) is 1.48. The van der Waals surface area contributed by atoms with Crippen LogP contribution in [0, 0.1) is 5.82 Å². The minimum Gasteiger partial charge on any atom is -0.481 e. The normalized spacial score (nSPS) is 14.5. The van der Waals surface area contributed by atoms with Crippen LogP contribution in [0.5, 0.6) is 0 Å². The van der Waals surface area contributed by atoms with Crippen LogP contribution in [-0.4, -0.2) is 17.1 Å². The Morgan fingerprint density at radius 1 is 1.50 bits per heavy atom. The molecule has 5 N–H and O–H groups in total. The number of carbonyl (C=O) groups is 1. The maximum atomic E-state index is 12.9. The minimum atomic E-state index is -1.03. The zero-order valence-corrected chi connectivity index (χ0v) is 9.12. The van der Waals surface area contributed by atoms with E-state index in [1.54, 1.807) is 0 Å².